The molecule has 1 aliphatic heterocycles. The van der Waals surface area contributed by atoms with Crippen LogP contribution in [0.15, 0.2) is 36.4 Å². The molecule has 0 fully saturated rings. The van der Waals surface area contributed by atoms with E-state index < -0.39 is 0 Å². The molecule has 2 aromatic rings. The molecular formula is C19H20O5. The normalized spacial score (nSPS) is 16.1. The average Bonchev–Trinajstić information content (AvgIpc) is 2.61. The molecule has 0 saturated heterocycles. The summed E-state index contributed by atoms with van der Waals surface area (Å²) in [6.07, 6.45) is 1.16. The summed E-state index contributed by atoms with van der Waals surface area (Å²) < 4.78 is 21.8. The molecule has 0 radical (unpaired) electrons. The minimum atomic E-state index is -0.257. The standard InChI is InChI=1S/C19H20O5/c1-21-16-11-15-14(17(22-2)18(16)23-3)10-13(19(20)24-15)9-12-7-5-4-6-8-12/h4-8,11,13H,9-10H2,1-3H3. The van der Waals surface area contributed by atoms with Crippen molar-refractivity contribution >= 4 is 5.97 Å². The van der Waals surface area contributed by atoms with Gasteiger partial charge in [-0.05, 0) is 18.4 Å². The SMILES string of the molecule is COc1cc2c(c(OC)c1OC)CC(Cc1ccccc1)C(=O)O2. The molecule has 1 unspecified atom stereocenters. The van der Waals surface area contributed by atoms with Crippen molar-refractivity contribution in [1.82, 2.24) is 0 Å². The largest absolute Gasteiger partial charge is 0.493 e. The maximum Gasteiger partial charge on any atom is 0.315 e. The molecular weight excluding hydrogens is 308 g/mol. The second-order valence-corrected chi connectivity index (χ2v) is 5.63. The minimum Gasteiger partial charge on any atom is -0.493 e. The van der Waals surface area contributed by atoms with Crippen LogP contribution in [-0.2, 0) is 17.6 Å². The molecule has 1 aliphatic rings. The summed E-state index contributed by atoms with van der Waals surface area (Å²) >= 11 is 0. The molecule has 0 amide bonds. The zero-order valence-electron chi connectivity index (χ0n) is 14.0. The molecule has 2 aromatic carbocycles. The van der Waals surface area contributed by atoms with E-state index in [-0.39, 0.29) is 11.9 Å². The van der Waals surface area contributed by atoms with Crippen molar-refractivity contribution in [1.29, 1.82) is 0 Å². The van der Waals surface area contributed by atoms with Crippen LogP contribution < -0.4 is 18.9 Å². The van der Waals surface area contributed by atoms with Crippen LogP contribution in [0.2, 0.25) is 0 Å². The minimum absolute atomic E-state index is 0.236. The predicted molar refractivity (Wildman–Crippen MR) is 89.1 cm³/mol. The molecule has 5 heteroatoms. The van der Waals surface area contributed by atoms with Gasteiger partial charge in [-0.15, -0.1) is 0 Å². The van der Waals surface area contributed by atoms with Gasteiger partial charge in [-0.3, -0.25) is 4.79 Å². The molecule has 3 rings (SSSR count). The van der Waals surface area contributed by atoms with Gasteiger partial charge in [0.2, 0.25) is 5.75 Å². The van der Waals surface area contributed by atoms with Gasteiger partial charge in [0.25, 0.3) is 0 Å². The quantitative estimate of drug-likeness (QED) is 0.624. The third-order valence-corrected chi connectivity index (χ3v) is 4.21. The fourth-order valence-electron chi connectivity index (χ4n) is 3.05. The van der Waals surface area contributed by atoms with Crippen molar-refractivity contribution < 1.29 is 23.7 Å². The van der Waals surface area contributed by atoms with E-state index in [9.17, 15) is 4.79 Å². The van der Waals surface area contributed by atoms with Crippen molar-refractivity contribution in [2.24, 2.45) is 5.92 Å². The predicted octanol–water partition coefficient (Wildman–Crippen LogP) is 3.03. The summed E-state index contributed by atoms with van der Waals surface area (Å²) in [5.74, 6) is 1.52. The Balaban J connectivity index is 1.97. The van der Waals surface area contributed by atoms with Gasteiger partial charge in [0.1, 0.15) is 5.75 Å². The molecule has 0 spiro atoms. The Kier molecular flexibility index (Phi) is 4.60. The lowest BCUT2D eigenvalue weighted by Gasteiger charge is -2.26. The van der Waals surface area contributed by atoms with E-state index in [0.717, 1.165) is 11.1 Å². The van der Waals surface area contributed by atoms with E-state index >= 15 is 0 Å². The van der Waals surface area contributed by atoms with Gasteiger partial charge in [0.05, 0.1) is 27.2 Å². The number of rotatable bonds is 5. The van der Waals surface area contributed by atoms with Crippen LogP contribution in [0.3, 0.4) is 0 Å². The van der Waals surface area contributed by atoms with E-state index in [1.54, 1.807) is 20.3 Å². The summed E-state index contributed by atoms with van der Waals surface area (Å²) in [6.45, 7) is 0. The maximum absolute atomic E-state index is 12.4. The lowest BCUT2D eigenvalue weighted by molar-refractivity contribution is -0.140. The molecule has 0 aromatic heterocycles. The first-order chi connectivity index (χ1) is 11.7. The van der Waals surface area contributed by atoms with E-state index in [0.29, 0.717) is 35.8 Å². The molecule has 0 N–H and O–H groups in total. The molecule has 0 bridgehead atoms. The molecule has 5 nitrogen and oxygen atoms in total. The summed E-state index contributed by atoms with van der Waals surface area (Å²) in [6, 6.07) is 11.6. The van der Waals surface area contributed by atoms with Crippen LogP contribution in [0.25, 0.3) is 0 Å². The van der Waals surface area contributed by atoms with Crippen LogP contribution in [0.5, 0.6) is 23.0 Å². The van der Waals surface area contributed by atoms with Crippen LogP contribution >= 0.6 is 0 Å². The van der Waals surface area contributed by atoms with Crippen LogP contribution in [0.1, 0.15) is 11.1 Å². The summed E-state index contributed by atoms with van der Waals surface area (Å²) in [7, 11) is 4.66. The highest BCUT2D eigenvalue weighted by Crippen LogP contribution is 2.47. The Morgan fingerprint density at radius 1 is 1.04 bits per heavy atom. The topological polar surface area (TPSA) is 54.0 Å². The van der Waals surface area contributed by atoms with Gasteiger partial charge in [-0.25, -0.2) is 0 Å². The Hall–Kier alpha value is -2.69. The van der Waals surface area contributed by atoms with E-state index in [1.807, 2.05) is 30.3 Å². The van der Waals surface area contributed by atoms with Crippen molar-refractivity contribution in [2.45, 2.75) is 12.8 Å². The third kappa shape index (κ3) is 2.89. The first-order valence-electron chi connectivity index (χ1n) is 7.75. The fraction of sp³-hybridized carbons (Fsp3) is 0.316. The number of fused-ring (bicyclic) bond motifs is 1. The highest BCUT2D eigenvalue weighted by atomic mass is 16.5. The highest BCUT2D eigenvalue weighted by Gasteiger charge is 2.33. The number of methoxy groups -OCH3 is 3. The Labute approximate surface area is 141 Å². The van der Waals surface area contributed by atoms with Crippen molar-refractivity contribution in [2.75, 3.05) is 21.3 Å². The van der Waals surface area contributed by atoms with Crippen LogP contribution in [0.4, 0.5) is 0 Å². The number of carbonyl (C=O) groups is 1. The van der Waals surface area contributed by atoms with Crippen molar-refractivity contribution in [3.8, 4) is 23.0 Å². The fourth-order valence-corrected chi connectivity index (χ4v) is 3.05. The number of esters is 1. The monoisotopic (exact) mass is 328 g/mol. The first kappa shape index (κ1) is 16.2. The number of benzene rings is 2. The van der Waals surface area contributed by atoms with E-state index in [1.165, 1.54) is 7.11 Å². The lowest BCUT2D eigenvalue weighted by atomic mass is 9.89. The second kappa shape index (κ2) is 6.83. The molecule has 1 heterocycles. The Morgan fingerprint density at radius 3 is 2.38 bits per heavy atom. The molecule has 126 valence electrons. The summed E-state index contributed by atoms with van der Waals surface area (Å²) in [5, 5.41) is 0. The molecule has 0 aliphatic carbocycles. The number of ether oxygens (including phenoxy) is 4. The van der Waals surface area contributed by atoms with Gasteiger partial charge in [-0.1, -0.05) is 30.3 Å². The third-order valence-electron chi connectivity index (χ3n) is 4.21. The Morgan fingerprint density at radius 2 is 1.75 bits per heavy atom. The van der Waals surface area contributed by atoms with Gasteiger partial charge in [0, 0.05) is 11.6 Å². The van der Waals surface area contributed by atoms with Crippen molar-refractivity contribution in [3.05, 3.63) is 47.5 Å². The number of hydrogen-bond donors (Lipinski definition) is 0. The average molecular weight is 328 g/mol. The van der Waals surface area contributed by atoms with Gasteiger partial charge >= 0.3 is 5.97 Å². The zero-order valence-corrected chi connectivity index (χ0v) is 14.0. The van der Waals surface area contributed by atoms with Crippen LogP contribution in [0, 0.1) is 5.92 Å². The number of hydrogen-bond acceptors (Lipinski definition) is 5. The highest BCUT2D eigenvalue weighted by molar-refractivity contribution is 5.80. The first-order valence-corrected chi connectivity index (χ1v) is 7.75. The van der Waals surface area contributed by atoms with Gasteiger partial charge in [0.15, 0.2) is 11.5 Å². The molecule has 24 heavy (non-hydrogen) atoms. The number of carbonyl (C=O) groups excluding carboxylic acids is 1. The second-order valence-electron chi connectivity index (χ2n) is 5.63. The van der Waals surface area contributed by atoms with E-state index in [4.69, 9.17) is 18.9 Å². The van der Waals surface area contributed by atoms with Crippen molar-refractivity contribution in [3.63, 3.8) is 0 Å². The molecule has 0 saturated carbocycles. The lowest BCUT2D eigenvalue weighted by Crippen LogP contribution is -2.29. The molecule has 1 atom stereocenters. The van der Waals surface area contributed by atoms with Crippen LogP contribution in [-0.4, -0.2) is 27.3 Å². The Bertz CT molecular complexity index is 739. The van der Waals surface area contributed by atoms with Gasteiger partial charge < -0.3 is 18.9 Å². The van der Waals surface area contributed by atoms with E-state index in [2.05, 4.69) is 0 Å². The zero-order chi connectivity index (χ0) is 17.1. The smallest absolute Gasteiger partial charge is 0.315 e. The summed E-state index contributed by atoms with van der Waals surface area (Å²) in [4.78, 5) is 12.4. The maximum atomic E-state index is 12.4. The summed E-state index contributed by atoms with van der Waals surface area (Å²) in [5.41, 5.74) is 1.93. The van der Waals surface area contributed by atoms with Gasteiger partial charge in [-0.2, -0.15) is 0 Å².